The number of nitrogens with zero attached hydrogens (tertiary/aromatic N) is 4. The first-order valence-electron chi connectivity index (χ1n) is 8.89. The molecule has 1 aliphatic heterocycles. The number of likely N-dealkylation sites (tertiary alicyclic amines) is 1. The van der Waals surface area contributed by atoms with E-state index in [-0.39, 0.29) is 12.5 Å². The monoisotopic (exact) mass is 342 g/mol. The maximum Gasteiger partial charge on any atom is 0.253 e. The van der Waals surface area contributed by atoms with E-state index in [1.54, 1.807) is 10.9 Å². The summed E-state index contributed by atoms with van der Waals surface area (Å²) in [5, 5.41) is 13.2. The summed E-state index contributed by atoms with van der Waals surface area (Å²) in [6.07, 6.45) is 6.36. The van der Waals surface area contributed by atoms with Gasteiger partial charge in [-0.05, 0) is 50.6 Å². The smallest absolute Gasteiger partial charge is 0.253 e. The number of piperidine rings is 1. The third-order valence-electron chi connectivity index (χ3n) is 4.91. The van der Waals surface area contributed by atoms with Crippen LogP contribution >= 0.6 is 0 Å². The summed E-state index contributed by atoms with van der Waals surface area (Å²) >= 11 is 0. The topological polar surface area (TPSA) is 61.6 Å². The number of aliphatic hydroxyl groups excluding tert-OH is 1. The van der Waals surface area contributed by atoms with E-state index in [4.69, 9.17) is 5.11 Å². The maximum atomic E-state index is 12.8. The molecular weight excluding hydrogens is 316 g/mol. The molecule has 2 heterocycles. The summed E-state index contributed by atoms with van der Waals surface area (Å²) < 4.78 is 1.76. The third-order valence-corrected chi connectivity index (χ3v) is 4.91. The van der Waals surface area contributed by atoms with Gasteiger partial charge in [0.25, 0.3) is 5.91 Å². The lowest BCUT2D eigenvalue weighted by Crippen LogP contribution is -2.45. The molecule has 134 valence electrons. The summed E-state index contributed by atoms with van der Waals surface area (Å²) in [7, 11) is 2.10. The molecule has 1 fully saturated rings. The zero-order valence-electron chi connectivity index (χ0n) is 14.7. The number of hydrogen-bond acceptors (Lipinski definition) is 4. The van der Waals surface area contributed by atoms with Crippen LogP contribution in [0.4, 0.5) is 0 Å². The van der Waals surface area contributed by atoms with Crippen LogP contribution in [0.1, 0.15) is 29.6 Å². The van der Waals surface area contributed by atoms with Crippen LogP contribution in [0.25, 0.3) is 5.69 Å². The summed E-state index contributed by atoms with van der Waals surface area (Å²) in [4.78, 5) is 17.1. The van der Waals surface area contributed by atoms with Crippen molar-refractivity contribution in [3.63, 3.8) is 0 Å². The van der Waals surface area contributed by atoms with Gasteiger partial charge in [0.2, 0.25) is 0 Å². The van der Waals surface area contributed by atoms with Gasteiger partial charge in [0.1, 0.15) is 0 Å². The Morgan fingerprint density at radius 3 is 2.80 bits per heavy atom. The Bertz CT molecular complexity index is 678. The van der Waals surface area contributed by atoms with Crippen LogP contribution < -0.4 is 0 Å². The summed E-state index contributed by atoms with van der Waals surface area (Å²) in [5.41, 5.74) is 1.61. The number of aliphatic hydroxyl groups is 1. The van der Waals surface area contributed by atoms with E-state index in [1.807, 2.05) is 41.4 Å². The number of amides is 1. The minimum Gasteiger partial charge on any atom is -0.396 e. The molecule has 2 aromatic rings. The lowest BCUT2D eigenvalue weighted by atomic mass is 10.0. The molecule has 25 heavy (non-hydrogen) atoms. The number of carbonyl (C=O) groups is 1. The van der Waals surface area contributed by atoms with E-state index >= 15 is 0 Å². The van der Waals surface area contributed by atoms with Crippen molar-refractivity contribution in [1.29, 1.82) is 0 Å². The Morgan fingerprint density at radius 1 is 1.32 bits per heavy atom. The van der Waals surface area contributed by atoms with Crippen LogP contribution in [-0.2, 0) is 0 Å². The highest BCUT2D eigenvalue weighted by molar-refractivity contribution is 5.94. The van der Waals surface area contributed by atoms with E-state index in [2.05, 4.69) is 17.0 Å². The number of carbonyl (C=O) groups excluding carboxylic acids is 1. The van der Waals surface area contributed by atoms with E-state index in [0.29, 0.717) is 11.6 Å². The molecule has 0 atom stereocenters. The average molecular weight is 342 g/mol. The molecule has 0 bridgehead atoms. The fraction of sp³-hybridized carbons (Fsp3) is 0.474. The van der Waals surface area contributed by atoms with Crippen LogP contribution in [0.3, 0.4) is 0 Å². The van der Waals surface area contributed by atoms with Crippen molar-refractivity contribution in [3.8, 4) is 5.69 Å². The largest absolute Gasteiger partial charge is 0.396 e. The second-order valence-electron chi connectivity index (χ2n) is 6.58. The van der Waals surface area contributed by atoms with Gasteiger partial charge in [-0.1, -0.05) is 6.07 Å². The predicted molar refractivity (Wildman–Crippen MR) is 96.8 cm³/mol. The highest BCUT2D eigenvalue weighted by Gasteiger charge is 2.25. The second kappa shape index (κ2) is 8.27. The Labute approximate surface area is 148 Å². The first kappa shape index (κ1) is 17.6. The zero-order chi connectivity index (χ0) is 17.6. The molecule has 0 unspecified atom stereocenters. The van der Waals surface area contributed by atoms with E-state index < -0.39 is 0 Å². The molecule has 1 aromatic carbocycles. The van der Waals surface area contributed by atoms with Crippen molar-refractivity contribution in [1.82, 2.24) is 19.6 Å². The van der Waals surface area contributed by atoms with Crippen molar-refractivity contribution in [2.75, 3.05) is 33.3 Å². The summed E-state index contributed by atoms with van der Waals surface area (Å²) in [6, 6.07) is 9.98. The lowest BCUT2D eigenvalue weighted by Gasteiger charge is -2.36. The number of hydrogen-bond donors (Lipinski definition) is 1. The van der Waals surface area contributed by atoms with E-state index in [1.165, 1.54) is 0 Å². The van der Waals surface area contributed by atoms with Gasteiger partial charge < -0.3 is 14.9 Å². The molecule has 1 amide bonds. The van der Waals surface area contributed by atoms with E-state index in [0.717, 1.165) is 44.6 Å². The van der Waals surface area contributed by atoms with Gasteiger partial charge in [-0.25, -0.2) is 4.68 Å². The molecule has 0 aliphatic carbocycles. The van der Waals surface area contributed by atoms with Crippen LogP contribution in [0.2, 0.25) is 0 Å². The third kappa shape index (κ3) is 4.27. The van der Waals surface area contributed by atoms with Crippen molar-refractivity contribution >= 4 is 5.91 Å². The van der Waals surface area contributed by atoms with Crippen molar-refractivity contribution in [2.24, 2.45) is 0 Å². The molecule has 1 saturated heterocycles. The van der Waals surface area contributed by atoms with Crippen molar-refractivity contribution < 1.29 is 9.90 Å². The minimum absolute atomic E-state index is 0.0884. The normalized spacial score (nSPS) is 15.7. The Hall–Kier alpha value is -2.18. The molecule has 0 radical (unpaired) electrons. The predicted octanol–water partition coefficient (Wildman–Crippen LogP) is 1.79. The zero-order valence-corrected chi connectivity index (χ0v) is 14.7. The molecule has 0 saturated carbocycles. The number of benzene rings is 1. The van der Waals surface area contributed by atoms with Crippen LogP contribution in [0, 0.1) is 0 Å². The molecule has 1 aliphatic rings. The standard InChI is InChI=1S/C19H26N4O2/c1-21(10-4-14-24)17-7-12-22(13-8-17)19(25)16-5-2-6-18(15-16)23-11-3-9-20-23/h2-3,5-6,9,11,15,17,24H,4,7-8,10,12-14H2,1H3. The quantitative estimate of drug-likeness (QED) is 0.869. The van der Waals surface area contributed by atoms with Gasteiger partial charge in [-0.2, -0.15) is 5.10 Å². The maximum absolute atomic E-state index is 12.8. The molecule has 6 nitrogen and oxygen atoms in total. The fourth-order valence-electron chi connectivity index (χ4n) is 3.40. The molecule has 1 aromatic heterocycles. The lowest BCUT2D eigenvalue weighted by molar-refractivity contribution is 0.0641. The van der Waals surface area contributed by atoms with Crippen molar-refractivity contribution in [3.05, 3.63) is 48.3 Å². The highest BCUT2D eigenvalue weighted by Crippen LogP contribution is 2.19. The SMILES string of the molecule is CN(CCCO)C1CCN(C(=O)c2cccc(-n3cccn3)c2)CC1. The van der Waals surface area contributed by atoms with Crippen LogP contribution in [0.15, 0.2) is 42.7 Å². The first-order valence-corrected chi connectivity index (χ1v) is 8.89. The first-order chi connectivity index (χ1) is 12.2. The fourth-order valence-corrected chi connectivity index (χ4v) is 3.40. The van der Waals surface area contributed by atoms with Gasteiger partial charge in [-0.3, -0.25) is 4.79 Å². The summed E-state index contributed by atoms with van der Waals surface area (Å²) in [5.74, 6) is 0.0884. The summed E-state index contributed by atoms with van der Waals surface area (Å²) in [6.45, 7) is 2.69. The average Bonchev–Trinajstić information content (AvgIpc) is 3.20. The highest BCUT2D eigenvalue weighted by atomic mass is 16.3. The molecule has 6 heteroatoms. The van der Waals surface area contributed by atoms with Gasteiger partial charge in [0.05, 0.1) is 5.69 Å². The molecule has 1 N–H and O–H groups in total. The van der Waals surface area contributed by atoms with E-state index in [9.17, 15) is 4.79 Å². The number of aromatic nitrogens is 2. The van der Waals surface area contributed by atoms with Crippen LogP contribution in [0.5, 0.6) is 0 Å². The van der Waals surface area contributed by atoms with Crippen molar-refractivity contribution in [2.45, 2.75) is 25.3 Å². The minimum atomic E-state index is 0.0884. The van der Waals surface area contributed by atoms with Crippen LogP contribution in [-0.4, -0.2) is 69.9 Å². The Kier molecular flexibility index (Phi) is 5.83. The van der Waals surface area contributed by atoms with Gasteiger partial charge in [0, 0.05) is 50.2 Å². The second-order valence-corrected chi connectivity index (χ2v) is 6.58. The van der Waals surface area contributed by atoms with Gasteiger partial charge >= 0.3 is 0 Å². The number of rotatable bonds is 6. The molecule has 0 spiro atoms. The Balaban J connectivity index is 1.60. The van der Waals surface area contributed by atoms with Gasteiger partial charge in [-0.15, -0.1) is 0 Å². The van der Waals surface area contributed by atoms with Gasteiger partial charge in [0.15, 0.2) is 0 Å². The molecular formula is C19H26N4O2. The Morgan fingerprint density at radius 2 is 2.12 bits per heavy atom. The molecule has 3 rings (SSSR count).